The SMILES string of the molecule is O=S(=O)(Oc1ccc(Oc2ccccn2)cc1)c1ccc(F)cc1F. The van der Waals surface area contributed by atoms with Crippen LogP contribution in [-0.2, 0) is 10.1 Å². The Balaban J connectivity index is 1.76. The summed E-state index contributed by atoms with van der Waals surface area (Å²) in [5.41, 5.74) is 0. The van der Waals surface area contributed by atoms with E-state index in [1.54, 1.807) is 24.4 Å². The Labute approximate surface area is 142 Å². The molecular weight excluding hydrogens is 352 g/mol. The van der Waals surface area contributed by atoms with Gasteiger partial charge in [0, 0.05) is 18.3 Å². The van der Waals surface area contributed by atoms with E-state index in [4.69, 9.17) is 8.92 Å². The first-order valence-corrected chi connectivity index (χ1v) is 8.43. The van der Waals surface area contributed by atoms with Crippen molar-refractivity contribution in [3.8, 4) is 17.4 Å². The Kier molecular flexibility index (Phi) is 4.62. The minimum atomic E-state index is -4.43. The lowest BCUT2D eigenvalue weighted by atomic mass is 10.3. The third kappa shape index (κ3) is 4.10. The van der Waals surface area contributed by atoms with Crippen LogP contribution in [0, 0.1) is 11.6 Å². The van der Waals surface area contributed by atoms with Crippen LogP contribution >= 0.6 is 0 Å². The summed E-state index contributed by atoms with van der Waals surface area (Å²) in [7, 11) is -4.43. The van der Waals surface area contributed by atoms with Crippen molar-refractivity contribution in [1.82, 2.24) is 4.98 Å². The maximum absolute atomic E-state index is 13.6. The molecule has 8 heteroatoms. The van der Waals surface area contributed by atoms with E-state index in [-0.39, 0.29) is 5.75 Å². The highest BCUT2D eigenvalue weighted by molar-refractivity contribution is 7.87. The number of aromatic nitrogens is 1. The van der Waals surface area contributed by atoms with Gasteiger partial charge in [-0.3, -0.25) is 0 Å². The van der Waals surface area contributed by atoms with Crippen LogP contribution in [0.25, 0.3) is 0 Å². The van der Waals surface area contributed by atoms with Crippen LogP contribution in [0.1, 0.15) is 0 Å². The summed E-state index contributed by atoms with van der Waals surface area (Å²) in [6, 6.07) is 12.9. The summed E-state index contributed by atoms with van der Waals surface area (Å²) in [5.74, 6) is -1.37. The molecule has 0 unspecified atom stereocenters. The largest absolute Gasteiger partial charge is 0.439 e. The fourth-order valence-corrected chi connectivity index (χ4v) is 2.93. The fraction of sp³-hybridized carbons (Fsp3) is 0. The van der Waals surface area contributed by atoms with Gasteiger partial charge in [0.15, 0.2) is 0 Å². The summed E-state index contributed by atoms with van der Waals surface area (Å²) in [6.07, 6.45) is 1.57. The molecule has 128 valence electrons. The molecule has 0 saturated carbocycles. The Morgan fingerprint density at radius 2 is 1.60 bits per heavy atom. The zero-order chi connectivity index (χ0) is 17.9. The second kappa shape index (κ2) is 6.86. The first kappa shape index (κ1) is 16.8. The monoisotopic (exact) mass is 363 g/mol. The molecule has 0 aliphatic rings. The molecule has 3 aromatic rings. The number of hydrogen-bond donors (Lipinski definition) is 0. The number of ether oxygens (including phenoxy) is 1. The lowest BCUT2D eigenvalue weighted by molar-refractivity contribution is 0.458. The second-order valence-electron chi connectivity index (χ2n) is 4.85. The molecule has 3 rings (SSSR count). The van der Waals surface area contributed by atoms with Crippen LogP contribution in [0.2, 0.25) is 0 Å². The highest BCUT2D eigenvalue weighted by Crippen LogP contribution is 2.25. The fourth-order valence-electron chi connectivity index (χ4n) is 1.94. The van der Waals surface area contributed by atoms with Crippen LogP contribution in [-0.4, -0.2) is 13.4 Å². The van der Waals surface area contributed by atoms with Gasteiger partial charge in [-0.05, 0) is 42.5 Å². The first-order valence-electron chi connectivity index (χ1n) is 7.02. The summed E-state index contributed by atoms with van der Waals surface area (Å²) < 4.78 is 61.0. The van der Waals surface area contributed by atoms with E-state index in [1.807, 2.05) is 0 Å². The predicted molar refractivity (Wildman–Crippen MR) is 84.9 cm³/mol. The van der Waals surface area contributed by atoms with Crippen LogP contribution in [0.15, 0.2) is 71.8 Å². The van der Waals surface area contributed by atoms with Gasteiger partial charge in [-0.25, -0.2) is 13.8 Å². The molecule has 25 heavy (non-hydrogen) atoms. The van der Waals surface area contributed by atoms with E-state index >= 15 is 0 Å². The van der Waals surface area contributed by atoms with Gasteiger partial charge in [-0.15, -0.1) is 0 Å². The quantitative estimate of drug-likeness (QED) is 0.643. The highest BCUT2D eigenvalue weighted by atomic mass is 32.2. The third-order valence-corrected chi connectivity index (χ3v) is 4.33. The van der Waals surface area contributed by atoms with Crippen molar-refractivity contribution in [2.75, 3.05) is 0 Å². The number of benzene rings is 2. The molecule has 0 fully saturated rings. The van der Waals surface area contributed by atoms with Crippen LogP contribution in [0.3, 0.4) is 0 Å². The molecule has 0 atom stereocenters. The summed E-state index contributed by atoms with van der Waals surface area (Å²) in [4.78, 5) is 3.24. The minimum Gasteiger partial charge on any atom is -0.439 e. The molecule has 2 aromatic carbocycles. The maximum atomic E-state index is 13.6. The van der Waals surface area contributed by atoms with Crippen molar-refractivity contribution >= 4 is 10.1 Å². The van der Waals surface area contributed by atoms with Gasteiger partial charge >= 0.3 is 10.1 Å². The summed E-state index contributed by atoms with van der Waals surface area (Å²) in [6.45, 7) is 0. The molecule has 0 saturated heterocycles. The number of pyridine rings is 1. The van der Waals surface area contributed by atoms with Crippen LogP contribution < -0.4 is 8.92 Å². The molecule has 5 nitrogen and oxygen atoms in total. The van der Waals surface area contributed by atoms with Crippen molar-refractivity contribution in [2.45, 2.75) is 4.90 Å². The van der Waals surface area contributed by atoms with Gasteiger partial charge in [0.2, 0.25) is 5.88 Å². The van der Waals surface area contributed by atoms with Gasteiger partial charge in [-0.1, -0.05) is 6.07 Å². The predicted octanol–water partition coefficient (Wildman–Crippen LogP) is 3.92. The topological polar surface area (TPSA) is 65.5 Å². The minimum absolute atomic E-state index is 0.0444. The Morgan fingerprint density at radius 3 is 2.24 bits per heavy atom. The van der Waals surface area contributed by atoms with Crippen LogP contribution in [0.4, 0.5) is 8.78 Å². The van der Waals surface area contributed by atoms with E-state index in [2.05, 4.69) is 4.98 Å². The molecule has 0 amide bonds. The van der Waals surface area contributed by atoms with E-state index in [0.29, 0.717) is 17.7 Å². The van der Waals surface area contributed by atoms with Crippen molar-refractivity contribution < 1.29 is 26.1 Å². The molecular formula is C17H11F2NO4S. The van der Waals surface area contributed by atoms with Gasteiger partial charge in [0.05, 0.1) is 0 Å². The smallest absolute Gasteiger partial charge is 0.342 e. The van der Waals surface area contributed by atoms with Gasteiger partial charge < -0.3 is 8.92 Å². The standard InChI is InChI=1S/C17H11F2NO4S/c18-12-4-9-16(15(19)11-12)25(21,22)24-14-7-5-13(6-8-14)23-17-3-1-2-10-20-17/h1-11H. The average Bonchev–Trinajstić information content (AvgIpc) is 2.57. The lowest BCUT2D eigenvalue weighted by Gasteiger charge is -2.09. The maximum Gasteiger partial charge on any atom is 0.342 e. The molecule has 1 heterocycles. The van der Waals surface area contributed by atoms with Crippen molar-refractivity contribution in [1.29, 1.82) is 0 Å². The summed E-state index contributed by atoms with van der Waals surface area (Å²) >= 11 is 0. The summed E-state index contributed by atoms with van der Waals surface area (Å²) in [5, 5.41) is 0. The molecule has 0 radical (unpaired) electrons. The third-order valence-electron chi connectivity index (χ3n) is 3.05. The van der Waals surface area contributed by atoms with Crippen molar-refractivity contribution in [2.24, 2.45) is 0 Å². The molecule has 0 aliphatic heterocycles. The molecule has 0 aliphatic carbocycles. The van der Waals surface area contributed by atoms with E-state index < -0.39 is 26.6 Å². The molecule has 0 bridgehead atoms. The Bertz CT molecular complexity index is 977. The number of halogens is 2. The number of hydrogen-bond acceptors (Lipinski definition) is 5. The number of nitrogens with zero attached hydrogens (tertiary/aromatic N) is 1. The Hall–Kier alpha value is -3.00. The van der Waals surface area contributed by atoms with Crippen LogP contribution in [0.5, 0.6) is 17.4 Å². The van der Waals surface area contributed by atoms with Crippen molar-refractivity contribution in [3.05, 3.63) is 78.5 Å². The first-order chi connectivity index (χ1) is 11.9. The normalized spacial score (nSPS) is 11.1. The Morgan fingerprint density at radius 1 is 0.880 bits per heavy atom. The van der Waals surface area contributed by atoms with Crippen molar-refractivity contribution in [3.63, 3.8) is 0 Å². The van der Waals surface area contributed by atoms with E-state index in [1.165, 1.54) is 24.3 Å². The zero-order valence-corrected chi connectivity index (χ0v) is 13.4. The highest BCUT2D eigenvalue weighted by Gasteiger charge is 2.22. The lowest BCUT2D eigenvalue weighted by Crippen LogP contribution is -2.11. The second-order valence-corrected chi connectivity index (χ2v) is 6.37. The zero-order valence-electron chi connectivity index (χ0n) is 12.6. The average molecular weight is 363 g/mol. The van der Waals surface area contributed by atoms with Gasteiger partial charge in [0.1, 0.15) is 28.0 Å². The van der Waals surface area contributed by atoms with Gasteiger partial charge in [0.25, 0.3) is 0 Å². The van der Waals surface area contributed by atoms with E-state index in [9.17, 15) is 17.2 Å². The molecule has 0 N–H and O–H groups in total. The number of rotatable bonds is 5. The van der Waals surface area contributed by atoms with Gasteiger partial charge in [-0.2, -0.15) is 8.42 Å². The molecule has 0 spiro atoms. The molecule has 1 aromatic heterocycles. The van der Waals surface area contributed by atoms with E-state index in [0.717, 1.165) is 12.1 Å².